The Labute approximate surface area is 82.5 Å². The molecule has 0 unspecified atom stereocenters. The van der Waals surface area contributed by atoms with Crippen LogP contribution in [0.2, 0.25) is 0 Å². The summed E-state index contributed by atoms with van der Waals surface area (Å²) >= 11 is 1.95. The number of nitro benzene ring substituents is 1. The lowest BCUT2D eigenvalue weighted by molar-refractivity contribution is -0.385. The van der Waals surface area contributed by atoms with Gasteiger partial charge >= 0.3 is 0 Å². The Kier molecular flexibility index (Phi) is 2.99. The van der Waals surface area contributed by atoms with Crippen LogP contribution in [0.4, 0.5) is 5.69 Å². The normalized spacial score (nSPS) is 9.83. The Balaban J connectivity index is 3.27. The minimum absolute atomic E-state index is 0.0237. The summed E-state index contributed by atoms with van der Waals surface area (Å²) < 4.78 is 0.712. The summed E-state index contributed by atoms with van der Waals surface area (Å²) in [4.78, 5) is 9.93. The maximum absolute atomic E-state index is 10.4. The van der Waals surface area contributed by atoms with Gasteiger partial charge < -0.3 is 5.11 Å². The van der Waals surface area contributed by atoms with Gasteiger partial charge in [0.15, 0.2) is 0 Å². The van der Waals surface area contributed by atoms with Gasteiger partial charge in [0.25, 0.3) is 5.69 Å². The van der Waals surface area contributed by atoms with E-state index in [1.165, 1.54) is 6.07 Å². The second kappa shape index (κ2) is 3.81. The fourth-order valence-electron chi connectivity index (χ4n) is 0.875. The van der Waals surface area contributed by atoms with E-state index < -0.39 is 4.92 Å². The van der Waals surface area contributed by atoms with E-state index in [0.717, 1.165) is 0 Å². The molecule has 0 spiro atoms. The van der Waals surface area contributed by atoms with Gasteiger partial charge in [0, 0.05) is 9.64 Å². The van der Waals surface area contributed by atoms with Gasteiger partial charge in [-0.1, -0.05) is 6.07 Å². The molecule has 0 aliphatic carbocycles. The number of nitro groups is 1. The van der Waals surface area contributed by atoms with E-state index in [0.29, 0.717) is 9.13 Å². The van der Waals surface area contributed by atoms with Crippen LogP contribution in [0.5, 0.6) is 0 Å². The molecule has 4 nitrogen and oxygen atoms in total. The molecule has 1 aromatic rings. The van der Waals surface area contributed by atoms with Crippen LogP contribution in [-0.2, 0) is 6.61 Å². The van der Waals surface area contributed by atoms with Crippen molar-refractivity contribution in [3.05, 3.63) is 37.4 Å². The van der Waals surface area contributed by atoms with E-state index in [-0.39, 0.29) is 12.3 Å². The van der Waals surface area contributed by atoms with Gasteiger partial charge in [0.05, 0.1) is 17.1 Å². The SMILES string of the molecule is O=[N+]([O-])c1cccc(I)c1CO. The van der Waals surface area contributed by atoms with Crippen LogP contribution in [0, 0.1) is 13.7 Å². The van der Waals surface area contributed by atoms with Gasteiger partial charge in [0.2, 0.25) is 0 Å². The minimum Gasteiger partial charge on any atom is -0.391 e. The lowest BCUT2D eigenvalue weighted by Gasteiger charge is -2.00. The van der Waals surface area contributed by atoms with Crippen LogP contribution in [-0.4, -0.2) is 10.0 Å². The Morgan fingerprint density at radius 2 is 2.25 bits per heavy atom. The quantitative estimate of drug-likeness (QED) is 0.509. The van der Waals surface area contributed by atoms with Crippen LogP contribution in [0.3, 0.4) is 0 Å². The maximum atomic E-state index is 10.4. The summed E-state index contributed by atoms with van der Waals surface area (Å²) in [5.74, 6) is 0. The monoisotopic (exact) mass is 279 g/mol. The zero-order valence-corrected chi connectivity index (χ0v) is 8.19. The van der Waals surface area contributed by atoms with Crippen molar-refractivity contribution in [3.8, 4) is 0 Å². The summed E-state index contributed by atoms with van der Waals surface area (Å²) in [6, 6.07) is 4.70. The number of benzene rings is 1. The Morgan fingerprint density at radius 1 is 1.58 bits per heavy atom. The topological polar surface area (TPSA) is 63.4 Å². The van der Waals surface area contributed by atoms with Crippen molar-refractivity contribution in [2.24, 2.45) is 0 Å². The first-order valence-electron chi connectivity index (χ1n) is 3.19. The maximum Gasteiger partial charge on any atom is 0.275 e. The third-order valence-electron chi connectivity index (χ3n) is 1.45. The van der Waals surface area contributed by atoms with E-state index in [4.69, 9.17) is 5.11 Å². The van der Waals surface area contributed by atoms with Crippen molar-refractivity contribution < 1.29 is 10.0 Å². The Bertz CT molecular complexity index is 314. The Morgan fingerprint density at radius 3 is 2.67 bits per heavy atom. The largest absolute Gasteiger partial charge is 0.391 e. The fraction of sp³-hybridized carbons (Fsp3) is 0.143. The van der Waals surface area contributed by atoms with Crippen molar-refractivity contribution in [3.63, 3.8) is 0 Å². The molecule has 0 heterocycles. The highest BCUT2D eigenvalue weighted by atomic mass is 127. The lowest BCUT2D eigenvalue weighted by Crippen LogP contribution is -1.97. The molecular weight excluding hydrogens is 273 g/mol. The zero-order chi connectivity index (χ0) is 9.14. The first kappa shape index (κ1) is 9.40. The third kappa shape index (κ3) is 1.72. The molecule has 5 heteroatoms. The molecule has 0 fully saturated rings. The standard InChI is InChI=1S/C7H6INO3/c8-6-2-1-3-7(9(11)12)5(6)4-10/h1-3,10H,4H2. The smallest absolute Gasteiger partial charge is 0.275 e. The predicted octanol–water partition coefficient (Wildman–Crippen LogP) is 1.69. The first-order valence-corrected chi connectivity index (χ1v) is 4.27. The molecule has 0 atom stereocenters. The highest BCUT2D eigenvalue weighted by Gasteiger charge is 2.14. The molecule has 1 rings (SSSR count). The van der Waals surface area contributed by atoms with Crippen LogP contribution in [0.15, 0.2) is 18.2 Å². The fourth-order valence-corrected chi connectivity index (χ4v) is 1.53. The number of aliphatic hydroxyl groups is 1. The van der Waals surface area contributed by atoms with E-state index in [2.05, 4.69) is 0 Å². The summed E-state index contributed by atoms with van der Waals surface area (Å²) in [6.45, 7) is -0.296. The number of hydrogen-bond acceptors (Lipinski definition) is 3. The number of nitrogens with zero attached hydrogens (tertiary/aromatic N) is 1. The third-order valence-corrected chi connectivity index (χ3v) is 2.46. The van der Waals surface area contributed by atoms with Gasteiger partial charge in [-0.15, -0.1) is 0 Å². The number of hydrogen-bond donors (Lipinski definition) is 1. The zero-order valence-electron chi connectivity index (χ0n) is 6.03. The number of aliphatic hydroxyl groups excluding tert-OH is 1. The number of halogens is 1. The summed E-state index contributed by atoms with van der Waals surface area (Å²) in [5.41, 5.74) is 0.354. The molecule has 0 aliphatic heterocycles. The van der Waals surface area contributed by atoms with Gasteiger partial charge in [-0.05, 0) is 28.7 Å². The van der Waals surface area contributed by atoms with Crippen LogP contribution >= 0.6 is 22.6 Å². The van der Waals surface area contributed by atoms with Crippen LogP contribution < -0.4 is 0 Å². The summed E-state index contributed by atoms with van der Waals surface area (Å²) in [6.07, 6.45) is 0. The molecule has 0 radical (unpaired) electrons. The molecule has 0 bridgehead atoms. The average Bonchev–Trinajstić information content (AvgIpc) is 2.03. The van der Waals surface area contributed by atoms with Crippen molar-refractivity contribution in [2.75, 3.05) is 0 Å². The van der Waals surface area contributed by atoms with Gasteiger partial charge in [-0.3, -0.25) is 10.1 Å². The van der Waals surface area contributed by atoms with Crippen LogP contribution in [0.1, 0.15) is 5.56 Å². The second-order valence-electron chi connectivity index (χ2n) is 2.15. The lowest BCUT2D eigenvalue weighted by atomic mass is 10.2. The predicted molar refractivity (Wildman–Crippen MR) is 51.7 cm³/mol. The molecule has 0 aromatic heterocycles. The number of rotatable bonds is 2. The molecule has 0 aliphatic rings. The van der Waals surface area contributed by atoms with Crippen molar-refractivity contribution in [1.29, 1.82) is 0 Å². The molecule has 12 heavy (non-hydrogen) atoms. The molecule has 64 valence electrons. The van der Waals surface area contributed by atoms with Crippen molar-refractivity contribution in [2.45, 2.75) is 6.61 Å². The highest BCUT2D eigenvalue weighted by molar-refractivity contribution is 14.1. The van der Waals surface area contributed by atoms with Crippen LogP contribution in [0.25, 0.3) is 0 Å². The second-order valence-corrected chi connectivity index (χ2v) is 3.31. The highest BCUT2D eigenvalue weighted by Crippen LogP contribution is 2.23. The van der Waals surface area contributed by atoms with E-state index >= 15 is 0 Å². The molecule has 1 N–H and O–H groups in total. The summed E-state index contributed by atoms with van der Waals surface area (Å²) in [7, 11) is 0. The first-order chi connectivity index (χ1) is 5.66. The molecular formula is C7H6INO3. The van der Waals surface area contributed by atoms with Crippen molar-refractivity contribution >= 4 is 28.3 Å². The van der Waals surface area contributed by atoms with Crippen molar-refractivity contribution in [1.82, 2.24) is 0 Å². The summed E-state index contributed by atoms with van der Waals surface area (Å²) in [5, 5.41) is 19.3. The van der Waals surface area contributed by atoms with Gasteiger partial charge in [0.1, 0.15) is 0 Å². The molecule has 0 amide bonds. The molecule has 1 aromatic carbocycles. The minimum atomic E-state index is -0.492. The van der Waals surface area contributed by atoms with E-state index in [9.17, 15) is 10.1 Å². The molecule has 0 saturated carbocycles. The van der Waals surface area contributed by atoms with E-state index in [1.807, 2.05) is 22.6 Å². The Hall–Kier alpha value is -0.690. The molecule has 0 saturated heterocycles. The van der Waals surface area contributed by atoms with Gasteiger partial charge in [-0.2, -0.15) is 0 Å². The van der Waals surface area contributed by atoms with E-state index in [1.54, 1.807) is 12.1 Å². The van der Waals surface area contributed by atoms with Gasteiger partial charge in [-0.25, -0.2) is 0 Å². The average molecular weight is 279 g/mol.